The van der Waals surface area contributed by atoms with E-state index in [9.17, 15) is 0 Å². The van der Waals surface area contributed by atoms with E-state index in [0.29, 0.717) is 5.82 Å². The molecule has 0 fully saturated rings. The summed E-state index contributed by atoms with van der Waals surface area (Å²) in [5.74, 6) is 0.558. The molecular weight excluding hydrogens is 292 g/mol. The summed E-state index contributed by atoms with van der Waals surface area (Å²) >= 11 is 0. The summed E-state index contributed by atoms with van der Waals surface area (Å²) in [6.45, 7) is 10.1. The molecule has 2 rings (SSSR count). The fourth-order valence-corrected chi connectivity index (χ4v) is 2.44. The second-order valence-electron chi connectivity index (χ2n) is 5.83. The van der Waals surface area contributed by atoms with Gasteiger partial charge in [0.2, 0.25) is 0 Å². The van der Waals surface area contributed by atoms with Gasteiger partial charge in [-0.2, -0.15) is 0 Å². The Hall–Kier alpha value is -2.87. The first-order valence-corrected chi connectivity index (χ1v) is 8.04. The molecule has 0 atom stereocenters. The van der Waals surface area contributed by atoms with Crippen molar-refractivity contribution in [3.05, 3.63) is 102 Å². The molecule has 0 amide bonds. The van der Waals surface area contributed by atoms with Crippen LogP contribution in [-0.4, -0.2) is 4.98 Å². The van der Waals surface area contributed by atoms with Crippen LogP contribution < -0.4 is 5.73 Å². The molecule has 0 unspecified atom stereocenters. The van der Waals surface area contributed by atoms with Gasteiger partial charge in [-0.1, -0.05) is 67.3 Å². The molecule has 1 heterocycles. The highest BCUT2D eigenvalue weighted by molar-refractivity contribution is 5.55. The molecule has 122 valence electrons. The van der Waals surface area contributed by atoms with E-state index in [1.165, 1.54) is 16.7 Å². The summed E-state index contributed by atoms with van der Waals surface area (Å²) in [6.07, 6.45) is 11.6. The zero-order valence-electron chi connectivity index (χ0n) is 14.2. The lowest BCUT2D eigenvalue weighted by molar-refractivity contribution is 0.961. The molecule has 2 N–H and O–H groups in total. The van der Waals surface area contributed by atoms with Crippen LogP contribution in [0.3, 0.4) is 0 Å². The molecular formula is C22H24N2. The van der Waals surface area contributed by atoms with Crippen LogP contribution in [0.5, 0.6) is 0 Å². The summed E-state index contributed by atoms with van der Waals surface area (Å²) < 4.78 is 0. The van der Waals surface area contributed by atoms with Gasteiger partial charge in [-0.25, -0.2) is 4.98 Å². The van der Waals surface area contributed by atoms with Crippen molar-refractivity contribution in [2.75, 3.05) is 5.73 Å². The SMILES string of the molecule is C=CC(=CC(=C)C=Cc1cccc(C)c1)CCc1ccnc(N)c1. The van der Waals surface area contributed by atoms with E-state index in [0.717, 1.165) is 24.0 Å². The molecule has 0 saturated heterocycles. The Morgan fingerprint density at radius 2 is 2.08 bits per heavy atom. The number of rotatable bonds is 7. The predicted molar refractivity (Wildman–Crippen MR) is 105 cm³/mol. The second-order valence-corrected chi connectivity index (χ2v) is 5.83. The fourth-order valence-electron chi connectivity index (χ4n) is 2.44. The number of aryl methyl sites for hydroxylation is 2. The molecule has 0 aliphatic rings. The van der Waals surface area contributed by atoms with Gasteiger partial charge in [0.05, 0.1) is 0 Å². The topological polar surface area (TPSA) is 38.9 Å². The van der Waals surface area contributed by atoms with Gasteiger partial charge in [0, 0.05) is 6.20 Å². The minimum absolute atomic E-state index is 0.558. The summed E-state index contributed by atoms with van der Waals surface area (Å²) in [6, 6.07) is 12.3. The van der Waals surface area contributed by atoms with Crippen LogP contribution in [0, 0.1) is 6.92 Å². The smallest absolute Gasteiger partial charge is 0.123 e. The van der Waals surface area contributed by atoms with Crippen LogP contribution in [0.4, 0.5) is 5.82 Å². The van der Waals surface area contributed by atoms with Crippen molar-refractivity contribution >= 4 is 11.9 Å². The number of benzene rings is 1. The molecule has 2 heteroatoms. The Balaban J connectivity index is 1.98. The van der Waals surface area contributed by atoms with E-state index in [2.05, 4.69) is 61.5 Å². The number of aromatic nitrogens is 1. The first-order valence-electron chi connectivity index (χ1n) is 8.04. The standard InChI is InChI=1S/C22H24N2/c1-4-19(10-11-21-12-13-24-22(23)16-21)14-18(3)8-9-20-7-5-6-17(2)15-20/h4-9,12-16H,1,3,10-11H2,2H3,(H2,23,24). The van der Waals surface area contributed by atoms with Crippen molar-refractivity contribution in [2.45, 2.75) is 19.8 Å². The molecule has 0 aliphatic heterocycles. The zero-order valence-corrected chi connectivity index (χ0v) is 14.2. The van der Waals surface area contributed by atoms with E-state index in [-0.39, 0.29) is 0 Å². The van der Waals surface area contributed by atoms with E-state index in [4.69, 9.17) is 5.73 Å². The molecule has 0 spiro atoms. The van der Waals surface area contributed by atoms with Crippen LogP contribution >= 0.6 is 0 Å². The molecule has 1 aromatic carbocycles. The predicted octanol–water partition coefficient (Wildman–Crippen LogP) is 5.29. The van der Waals surface area contributed by atoms with Gasteiger partial charge in [0.15, 0.2) is 0 Å². The summed E-state index contributed by atoms with van der Waals surface area (Å²) in [5, 5.41) is 0. The van der Waals surface area contributed by atoms with Crippen molar-refractivity contribution < 1.29 is 0 Å². The Morgan fingerprint density at radius 3 is 2.79 bits per heavy atom. The van der Waals surface area contributed by atoms with Gasteiger partial charge in [-0.05, 0) is 54.2 Å². The molecule has 24 heavy (non-hydrogen) atoms. The maximum absolute atomic E-state index is 5.71. The summed E-state index contributed by atoms with van der Waals surface area (Å²) in [5.41, 5.74) is 11.4. The number of allylic oxidation sites excluding steroid dienone is 5. The first-order chi connectivity index (χ1) is 11.6. The van der Waals surface area contributed by atoms with Gasteiger partial charge >= 0.3 is 0 Å². The number of nitrogens with two attached hydrogens (primary N) is 1. The van der Waals surface area contributed by atoms with E-state index < -0.39 is 0 Å². The molecule has 0 aliphatic carbocycles. The average molecular weight is 316 g/mol. The average Bonchev–Trinajstić information content (AvgIpc) is 2.57. The van der Waals surface area contributed by atoms with Crippen LogP contribution in [0.2, 0.25) is 0 Å². The maximum Gasteiger partial charge on any atom is 0.123 e. The molecule has 0 saturated carbocycles. The minimum Gasteiger partial charge on any atom is -0.384 e. The quantitative estimate of drug-likeness (QED) is 0.705. The van der Waals surface area contributed by atoms with Gasteiger partial charge in [-0.15, -0.1) is 0 Å². The lowest BCUT2D eigenvalue weighted by Crippen LogP contribution is -1.93. The highest BCUT2D eigenvalue weighted by Gasteiger charge is 1.98. The summed E-state index contributed by atoms with van der Waals surface area (Å²) in [7, 11) is 0. The van der Waals surface area contributed by atoms with Crippen LogP contribution in [0.25, 0.3) is 6.08 Å². The highest BCUT2D eigenvalue weighted by atomic mass is 14.8. The second kappa shape index (κ2) is 8.68. The van der Waals surface area contributed by atoms with Gasteiger partial charge in [0.1, 0.15) is 5.82 Å². The van der Waals surface area contributed by atoms with Gasteiger partial charge in [0.25, 0.3) is 0 Å². The zero-order chi connectivity index (χ0) is 17.4. The third-order valence-corrected chi connectivity index (χ3v) is 3.71. The molecule has 1 aromatic heterocycles. The minimum atomic E-state index is 0.558. The number of pyridine rings is 1. The molecule has 2 nitrogen and oxygen atoms in total. The van der Waals surface area contributed by atoms with Crippen molar-refractivity contribution in [3.8, 4) is 0 Å². The lowest BCUT2D eigenvalue weighted by Gasteiger charge is -2.04. The highest BCUT2D eigenvalue weighted by Crippen LogP contribution is 2.15. The summed E-state index contributed by atoms with van der Waals surface area (Å²) in [4.78, 5) is 4.01. The van der Waals surface area contributed by atoms with Gasteiger partial charge < -0.3 is 5.73 Å². The number of nitrogens with zero attached hydrogens (tertiary/aromatic N) is 1. The van der Waals surface area contributed by atoms with Crippen molar-refractivity contribution in [1.82, 2.24) is 4.98 Å². The number of nitrogen functional groups attached to an aromatic ring is 1. The molecule has 2 aromatic rings. The van der Waals surface area contributed by atoms with Crippen molar-refractivity contribution in [1.29, 1.82) is 0 Å². The van der Waals surface area contributed by atoms with Crippen LogP contribution in [0.1, 0.15) is 23.1 Å². The number of hydrogen-bond donors (Lipinski definition) is 1. The normalized spacial score (nSPS) is 11.6. The fraction of sp³-hybridized carbons (Fsp3) is 0.136. The Morgan fingerprint density at radius 1 is 1.25 bits per heavy atom. The molecule has 0 radical (unpaired) electrons. The number of hydrogen-bond acceptors (Lipinski definition) is 2. The van der Waals surface area contributed by atoms with Crippen molar-refractivity contribution in [3.63, 3.8) is 0 Å². The monoisotopic (exact) mass is 316 g/mol. The Labute approximate surface area is 144 Å². The van der Waals surface area contributed by atoms with Crippen LogP contribution in [0.15, 0.2) is 85.1 Å². The van der Waals surface area contributed by atoms with E-state index in [1.54, 1.807) is 6.20 Å². The first kappa shape index (κ1) is 17.5. The van der Waals surface area contributed by atoms with Crippen LogP contribution in [-0.2, 0) is 6.42 Å². The molecule has 0 bridgehead atoms. The Bertz CT molecular complexity index is 782. The maximum atomic E-state index is 5.71. The lowest BCUT2D eigenvalue weighted by atomic mass is 10.0. The third-order valence-electron chi connectivity index (χ3n) is 3.71. The van der Waals surface area contributed by atoms with E-state index in [1.807, 2.05) is 24.3 Å². The van der Waals surface area contributed by atoms with E-state index >= 15 is 0 Å². The Kier molecular flexibility index (Phi) is 6.32. The third kappa shape index (κ3) is 5.73. The number of anilines is 1. The van der Waals surface area contributed by atoms with Gasteiger partial charge in [-0.3, -0.25) is 0 Å². The largest absolute Gasteiger partial charge is 0.384 e. The van der Waals surface area contributed by atoms with Crippen molar-refractivity contribution in [2.24, 2.45) is 0 Å².